The number of nitrogens with zero attached hydrogens (tertiary/aromatic N) is 9. The second kappa shape index (κ2) is 18.6. The number of ether oxygens (including phenoxy) is 1. The number of carbonyl (C=O) groups is 5. The lowest BCUT2D eigenvalue weighted by Crippen LogP contribution is -2.54. The summed E-state index contributed by atoms with van der Waals surface area (Å²) in [5, 5.41) is 14.6. The number of benzene rings is 3. The highest BCUT2D eigenvalue weighted by atomic mass is 35.5. The molecular formula is C46H51ClN12O6. The van der Waals surface area contributed by atoms with Crippen molar-refractivity contribution in [1.29, 1.82) is 0 Å². The molecule has 9 rings (SSSR count). The van der Waals surface area contributed by atoms with Crippen molar-refractivity contribution in [2.45, 2.75) is 45.7 Å². The van der Waals surface area contributed by atoms with Crippen molar-refractivity contribution in [3.05, 3.63) is 94.2 Å². The van der Waals surface area contributed by atoms with E-state index in [-0.39, 0.29) is 43.0 Å². The standard InChI is InChI=1S/C46H51ClN12O6/c1-28-5-4-6-29(2)40(28)51-41-36-25-48-46(52-42(36)54(3)53-41)49-32-8-7-30-13-14-55(26-31(30)23-32)19-21-65-22-20-58(47)39(61)27-56-15-17-57(18-16-56)33-9-10-34-35(24-33)45(64)59(44(34)63)37-11-12-38(60)50-43(37)62/h4-10,23-25,37H,11-22,26-27H2,1-3H3,(H,51,53)(H,48,49,52)(H,50,60,62). The average molecular weight is 903 g/mol. The van der Waals surface area contributed by atoms with Gasteiger partial charge in [-0.05, 0) is 79.3 Å². The van der Waals surface area contributed by atoms with Gasteiger partial charge in [0.2, 0.25) is 17.8 Å². The molecule has 3 N–H and O–H groups in total. The number of piperazine rings is 1. The second-order valence-corrected chi connectivity index (χ2v) is 17.4. The molecular weight excluding hydrogens is 852 g/mol. The number of nitrogens with one attached hydrogen (secondary N) is 3. The van der Waals surface area contributed by atoms with Crippen LogP contribution in [0.5, 0.6) is 0 Å². The fourth-order valence-corrected chi connectivity index (χ4v) is 9.11. The lowest BCUT2D eigenvalue weighted by molar-refractivity contribution is -0.136. The highest BCUT2D eigenvalue weighted by molar-refractivity contribution is 6.24. The summed E-state index contributed by atoms with van der Waals surface area (Å²) in [7, 11) is 1.88. The van der Waals surface area contributed by atoms with Gasteiger partial charge in [0.05, 0.1) is 42.8 Å². The maximum atomic E-state index is 13.3. The number of anilines is 5. The summed E-state index contributed by atoms with van der Waals surface area (Å²) in [5.41, 5.74) is 8.72. The van der Waals surface area contributed by atoms with Crippen LogP contribution >= 0.6 is 11.8 Å². The first-order chi connectivity index (χ1) is 31.4. The van der Waals surface area contributed by atoms with Gasteiger partial charge in [-0.2, -0.15) is 10.1 Å². The monoisotopic (exact) mass is 902 g/mol. The molecule has 0 aliphatic carbocycles. The molecule has 19 heteroatoms. The van der Waals surface area contributed by atoms with Gasteiger partial charge in [-0.3, -0.25) is 48.4 Å². The van der Waals surface area contributed by atoms with Crippen LogP contribution in [0.3, 0.4) is 0 Å². The molecule has 3 aromatic carbocycles. The van der Waals surface area contributed by atoms with Gasteiger partial charge in [0.25, 0.3) is 17.7 Å². The molecule has 1 atom stereocenters. The first-order valence-electron chi connectivity index (χ1n) is 21.9. The fraction of sp³-hybridized carbons (Fsp3) is 0.391. The number of rotatable bonds is 14. The van der Waals surface area contributed by atoms with Crippen molar-refractivity contribution in [3.8, 4) is 0 Å². The minimum absolute atomic E-state index is 0.0633. The largest absolute Gasteiger partial charge is 0.378 e. The number of halogens is 1. The molecule has 0 saturated carbocycles. The van der Waals surface area contributed by atoms with Crippen LogP contribution in [0.2, 0.25) is 0 Å². The van der Waals surface area contributed by atoms with E-state index in [2.05, 4.69) is 74.9 Å². The SMILES string of the molecule is Cc1cccc(C)c1Nc1nn(C)c2nc(Nc3ccc4c(c3)CN(CCOCCN(Cl)C(=O)CN3CCN(c5ccc6c(c5)C(=O)N(C5CCC(=O)NC5=O)C6=O)CC3)CC4)ncc12. The van der Waals surface area contributed by atoms with Crippen LogP contribution in [-0.4, -0.2) is 140 Å². The third kappa shape index (κ3) is 9.24. The van der Waals surface area contributed by atoms with E-state index < -0.39 is 29.7 Å². The van der Waals surface area contributed by atoms with Crippen molar-refractivity contribution in [3.63, 3.8) is 0 Å². The van der Waals surface area contributed by atoms with Gasteiger partial charge in [0.15, 0.2) is 11.5 Å². The Balaban J connectivity index is 0.694. The fourth-order valence-electron chi connectivity index (χ4n) is 8.99. The van der Waals surface area contributed by atoms with E-state index in [0.29, 0.717) is 51.2 Å². The van der Waals surface area contributed by atoms with Gasteiger partial charge in [0, 0.05) is 94.3 Å². The van der Waals surface area contributed by atoms with Crippen molar-refractivity contribution in [1.82, 2.24) is 44.2 Å². The molecule has 5 aromatic rings. The van der Waals surface area contributed by atoms with Crippen molar-refractivity contribution < 1.29 is 28.7 Å². The minimum Gasteiger partial charge on any atom is -0.378 e. The summed E-state index contributed by atoms with van der Waals surface area (Å²) in [4.78, 5) is 80.3. The highest BCUT2D eigenvalue weighted by Gasteiger charge is 2.45. The third-order valence-corrected chi connectivity index (χ3v) is 13.0. The number of carbonyl (C=O) groups excluding carboxylic acids is 5. The van der Waals surface area contributed by atoms with E-state index in [1.807, 2.05) is 18.0 Å². The lowest BCUT2D eigenvalue weighted by Gasteiger charge is -2.36. The first-order valence-corrected chi connectivity index (χ1v) is 22.2. The van der Waals surface area contributed by atoms with Gasteiger partial charge >= 0.3 is 0 Å². The number of para-hydroxylation sites is 1. The number of aromatic nitrogens is 4. The molecule has 4 aliphatic heterocycles. The van der Waals surface area contributed by atoms with Crippen molar-refractivity contribution in [2.75, 3.05) is 81.1 Å². The normalized spacial score (nSPS) is 17.9. The summed E-state index contributed by atoms with van der Waals surface area (Å²) in [6, 6.07) is 16.6. The molecule has 65 heavy (non-hydrogen) atoms. The zero-order valence-electron chi connectivity index (χ0n) is 36.6. The number of hydrogen-bond acceptors (Lipinski definition) is 14. The Labute approximate surface area is 380 Å². The van der Waals surface area contributed by atoms with Gasteiger partial charge < -0.3 is 20.3 Å². The number of aryl methyl sites for hydroxylation is 3. The predicted octanol–water partition coefficient (Wildman–Crippen LogP) is 4.05. The summed E-state index contributed by atoms with van der Waals surface area (Å²) in [6.45, 7) is 10.2. The summed E-state index contributed by atoms with van der Waals surface area (Å²) in [6.07, 6.45) is 2.90. The Hall–Kier alpha value is -6.47. The van der Waals surface area contributed by atoms with Crippen LogP contribution in [0.1, 0.15) is 55.8 Å². The van der Waals surface area contributed by atoms with Crippen molar-refractivity contribution >= 4 is 81.2 Å². The zero-order chi connectivity index (χ0) is 45.4. The number of amides is 5. The molecule has 6 heterocycles. The average Bonchev–Trinajstić information content (AvgIpc) is 3.74. The predicted molar refractivity (Wildman–Crippen MR) is 244 cm³/mol. The van der Waals surface area contributed by atoms with E-state index in [4.69, 9.17) is 26.6 Å². The molecule has 2 aromatic heterocycles. The molecule has 2 saturated heterocycles. The van der Waals surface area contributed by atoms with Crippen LogP contribution in [0.15, 0.2) is 60.8 Å². The molecule has 0 spiro atoms. The molecule has 18 nitrogen and oxygen atoms in total. The zero-order valence-corrected chi connectivity index (χ0v) is 37.4. The van der Waals surface area contributed by atoms with Crippen LogP contribution in [0.4, 0.5) is 28.8 Å². The molecule has 2 fully saturated rings. The Morgan fingerprint density at radius 1 is 0.892 bits per heavy atom. The van der Waals surface area contributed by atoms with E-state index >= 15 is 0 Å². The molecule has 5 amide bonds. The van der Waals surface area contributed by atoms with Crippen molar-refractivity contribution in [2.24, 2.45) is 7.05 Å². The Bertz CT molecular complexity index is 2680. The number of imide groups is 2. The Morgan fingerprint density at radius 3 is 2.46 bits per heavy atom. The Morgan fingerprint density at radius 2 is 1.68 bits per heavy atom. The van der Waals surface area contributed by atoms with Gasteiger partial charge in [-0.25, -0.2) is 9.67 Å². The molecule has 1 unspecified atom stereocenters. The van der Waals surface area contributed by atoms with E-state index in [9.17, 15) is 24.0 Å². The lowest BCUT2D eigenvalue weighted by atomic mass is 9.99. The van der Waals surface area contributed by atoms with E-state index in [0.717, 1.165) is 70.2 Å². The van der Waals surface area contributed by atoms with Gasteiger partial charge in [0.1, 0.15) is 6.04 Å². The molecule has 4 aliphatic rings. The highest BCUT2D eigenvalue weighted by Crippen LogP contribution is 2.32. The smallest absolute Gasteiger partial charge is 0.262 e. The molecule has 0 radical (unpaired) electrons. The number of piperidine rings is 1. The second-order valence-electron chi connectivity index (χ2n) is 17.0. The first kappa shape index (κ1) is 43.8. The summed E-state index contributed by atoms with van der Waals surface area (Å²) in [5.74, 6) is -1.14. The number of fused-ring (bicyclic) bond motifs is 3. The maximum absolute atomic E-state index is 13.3. The van der Waals surface area contributed by atoms with E-state index in [1.54, 1.807) is 29.1 Å². The quantitative estimate of drug-likeness (QED) is 0.0823. The Kier molecular flexibility index (Phi) is 12.5. The summed E-state index contributed by atoms with van der Waals surface area (Å²) < 4.78 is 8.88. The van der Waals surface area contributed by atoms with Crippen LogP contribution in [-0.2, 0) is 39.1 Å². The minimum atomic E-state index is -1.01. The van der Waals surface area contributed by atoms with Gasteiger partial charge in [-0.1, -0.05) is 24.3 Å². The van der Waals surface area contributed by atoms with Gasteiger partial charge in [-0.15, -0.1) is 0 Å². The van der Waals surface area contributed by atoms with Crippen LogP contribution < -0.4 is 20.9 Å². The summed E-state index contributed by atoms with van der Waals surface area (Å²) >= 11 is 6.40. The molecule has 0 bridgehead atoms. The number of hydrogen-bond donors (Lipinski definition) is 3. The van der Waals surface area contributed by atoms with E-state index in [1.165, 1.54) is 15.5 Å². The molecule has 338 valence electrons. The maximum Gasteiger partial charge on any atom is 0.262 e. The topological polar surface area (TPSA) is 190 Å². The van der Waals surface area contributed by atoms with Crippen LogP contribution in [0, 0.1) is 13.8 Å². The third-order valence-electron chi connectivity index (χ3n) is 12.6. The van der Waals surface area contributed by atoms with Crippen LogP contribution in [0.25, 0.3) is 11.0 Å².